The lowest BCUT2D eigenvalue weighted by Crippen LogP contribution is -2.50. The number of rotatable bonds is 8. The number of nitrogens with one attached hydrogen (secondary N) is 1. The third-order valence-corrected chi connectivity index (χ3v) is 7.55. The van der Waals surface area contributed by atoms with Gasteiger partial charge in [0.25, 0.3) is 0 Å². The van der Waals surface area contributed by atoms with E-state index in [2.05, 4.69) is 5.32 Å². The molecule has 1 heterocycles. The van der Waals surface area contributed by atoms with Crippen molar-refractivity contribution >= 4 is 21.6 Å². The van der Waals surface area contributed by atoms with Crippen molar-refractivity contribution in [3.8, 4) is 11.5 Å². The Labute approximate surface area is 200 Å². The third kappa shape index (κ3) is 5.08. The van der Waals surface area contributed by atoms with Crippen molar-refractivity contribution in [2.45, 2.75) is 37.8 Å². The minimum Gasteiger partial charge on any atom is -0.494 e. The summed E-state index contributed by atoms with van der Waals surface area (Å²) in [5.41, 5.74) is 2.43. The number of carbonyl (C=O) groups excluding carboxylic acids is 1. The second kappa shape index (κ2) is 10.3. The van der Waals surface area contributed by atoms with Crippen molar-refractivity contribution in [3.05, 3.63) is 83.9 Å². The number of anilines is 1. The fraction of sp³-hybridized carbons (Fsp3) is 0.269. The van der Waals surface area contributed by atoms with Crippen LogP contribution < -0.4 is 14.8 Å². The van der Waals surface area contributed by atoms with Gasteiger partial charge in [0.15, 0.2) is 0 Å². The van der Waals surface area contributed by atoms with Crippen molar-refractivity contribution in [2.75, 3.05) is 18.5 Å². The van der Waals surface area contributed by atoms with Crippen LogP contribution in [0.25, 0.3) is 0 Å². The van der Waals surface area contributed by atoms with Gasteiger partial charge in [-0.2, -0.15) is 4.31 Å². The van der Waals surface area contributed by atoms with E-state index in [0.29, 0.717) is 30.4 Å². The first-order chi connectivity index (χ1) is 16.4. The lowest BCUT2D eigenvalue weighted by atomic mass is 9.95. The van der Waals surface area contributed by atoms with Crippen LogP contribution in [0.2, 0.25) is 0 Å². The van der Waals surface area contributed by atoms with Crippen LogP contribution in [0.3, 0.4) is 0 Å². The number of hydrogen-bond acceptors (Lipinski definition) is 5. The molecule has 0 aromatic heterocycles. The van der Waals surface area contributed by atoms with Crippen molar-refractivity contribution in [1.29, 1.82) is 0 Å². The van der Waals surface area contributed by atoms with E-state index in [0.717, 1.165) is 11.1 Å². The van der Waals surface area contributed by atoms with Gasteiger partial charge in [-0.25, -0.2) is 8.42 Å². The smallest absolute Gasteiger partial charge is 0.244 e. The lowest BCUT2D eigenvalue weighted by Gasteiger charge is -2.35. The highest BCUT2D eigenvalue weighted by molar-refractivity contribution is 7.89. The first-order valence-corrected chi connectivity index (χ1v) is 12.7. The Morgan fingerprint density at radius 3 is 2.03 bits per heavy atom. The molecule has 1 unspecified atom stereocenters. The van der Waals surface area contributed by atoms with Gasteiger partial charge < -0.3 is 14.8 Å². The molecule has 1 aliphatic heterocycles. The van der Waals surface area contributed by atoms with Crippen LogP contribution in [0.15, 0.2) is 77.7 Å². The van der Waals surface area contributed by atoms with E-state index in [1.807, 2.05) is 38.1 Å². The first-order valence-electron chi connectivity index (χ1n) is 11.3. The largest absolute Gasteiger partial charge is 0.494 e. The molecular formula is C26H28N2O5S. The molecule has 178 valence electrons. The van der Waals surface area contributed by atoms with Gasteiger partial charge in [-0.3, -0.25) is 4.79 Å². The summed E-state index contributed by atoms with van der Waals surface area (Å²) >= 11 is 0. The predicted octanol–water partition coefficient (Wildman–Crippen LogP) is 4.24. The summed E-state index contributed by atoms with van der Waals surface area (Å²) in [4.78, 5) is 13.5. The molecule has 34 heavy (non-hydrogen) atoms. The van der Waals surface area contributed by atoms with Gasteiger partial charge in [-0.05, 0) is 79.9 Å². The summed E-state index contributed by atoms with van der Waals surface area (Å²) in [6.45, 7) is 4.92. The normalized spacial score (nSPS) is 15.9. The van der Waals surface area contributed by atoms with Crippen LogP contribution in [-0.4, -0.2) is 37.9 Å². The summed E-state index contributed by atoms with van der Waals surface area (Å²) in [5, 5.41) is 2.87. The van der Waals surface area contributed by atoms with Gasteiger partial charge in [0.05, 0.1) is 18.1 Å². The molecule has 0 spiro atoms. The minimum absolute atomic E-state index is 0.118. The molecule has 1 aliphatic rings. The lowest BCUT2D eigenvalue weighted by molar-refractivity contribution is -0.120. The molecule has 1 atom stereocenters. The Kier molecular flexibility index (Phi) is 7.19. The zero-order valence-electron chi connectivity index (χ0n) is 19.2. The molecule has 0 bridgehead atoms. The van der Waals surface area contributed by atoms with Gasteiger partial charge >= 0.3 is 0 Å². The first kappa shape index (κ1) is 23.8. The maximum absolute atomic E-state index is 13.6. The van der Waals surface area contributed by atoms with Gasteiger partial charge in [0, 0.05) is 12.2 Å². The standard InChI is InChI=1S/C26H28N2O5S/c1-3-32-22-11-9-21(10-12-22)27-26(29)25-17-19-7-5-6-8-20(19)18-28(25)34(30,31)24-15-13-23(14-16-24)33-4-2/h5-16,25H,3-4,17-18H2,1-2H3,(H,27,29). The number of ether oxygens (including phenoxy) is 2. The second-order valence-electron chi connectivity index (χ2n) is 7.89. The quantitative estimate of drug-likeness (QED) is 0.521. The van der Waals surface area contributed by atoms with E-state index in [4.69, 9.17) is 9.47 Å². The summed E-state index contributed by atoms with van der Waals surface area (Å²) in [6.07, 6.45) is 0.287. The molecule has 4 rings (SSSR count). The Morgan fingerprint density at radius 1 is 0.882 bits per heavy atom. The second-order valence-corrected chi connectivity index (χ2v) is 9.78. The van der Waals surface area contributed by atoms with Crippen LogP contribution in [0.5, 0.6) is 11.5 Å². The topological polar surface area (TPSA) is 84.9 Å². The molecule has 0 saturated carbocycles. The van der Waals surface area contributed by atoms with Crippen molar-refractivity contribution in [1.82, 2.24) is 4.31 Å². The number of hydrogen-bond donors (Lipinski definition) is 1. The van der Waals surface area contributed by atoms with E-state index in [1.54, 1.807) is 36.4 Å². The molecule has 3 aromatic carbocycles. The van der Waals surface area contributed by atoms with Gasteiger partial charge in [0.2, 0.25) is 15.9 Å². The highest BCUT2D eigenvalue weighted by Gasteiger charge is 2.39. The zero-order valence-corrected chi connectivity index (χ0v) is 20.0. The molecule has 3 aromatic rings. The Bertz CT molecular complexity index is 1240. The van der Waals surface area contributed by atoms with Crippen LogP contribution in [0.4, 0.5) is 5.69 Å². The van der Waals surface area contributed by atoms with Gasteiger partial charge in [-0.1, -0.05) is 24.3 Å². The third-order valence-electron chi connectivity index (χ3n) is 5.68. The number of benzene rings is 3. The molecular weight excluding hydrogens is 452 g/mol. The number of amides is 1. The SMILES string of the molecule is CCOc1ccc(NC(=O)C2Cc3ccccc3CN2S(=O)(=O)c2ccc(OCC)cc2)cc1. The van der Waals surface area contributed by atoms with E-state index < -0.39 is 16.1 Å². The molecule has 7 nitrogen and oxygen atoms in total. The van der Waals surface area contributed by atoms with Gasteiger partial charge in [-0.15, -0.1) is 0 Å². The Morgan fingerprint density at radius 2 is 1.44 bits per heavy atom. The van der Waals surface area contributed by atoms with Crippen LogP contribution in [-0.2, 0) is 27.8 Å². The molecule has 0 fully saturated rings. The molecule has 1 N–H and O–H groups in total. The molecule has 0 radical (unpaired) electrons. The highest BCUT2D eigenvalue weighted by Crippen LogP contribution is 2.30. The molecule has 0 aliphatic carbocycles. The average molecular weight is 481 g/mol. The average Bonchev–Trinajstić information content (AvgIpc) is 2.85. The Balaban J connectivity index is 1.63. The minimum atomic E-state index is -3.94. The van der Waals surface area contributed by atoms with Crippen molar-refractivity contribution in [3.63, 3.8) is 0 Å². The summed E-state index contributed by atoms with van der Waals surface area (Å²) in [6, 6.07) is 20.0. The highest BCUT2D eigenvalue weighted by atomic mass is 32.2. The van der Waals surface area contributed by atoms with Crippen LogP contribution in [0, 0.1) is 0 Å². The van der Waals surface area contributed by atoms with Crippen molar-refractivity contribution in [2.24, 2.45) is 0 Å². The zero-order chi connectivity index (χ0) is 24.1. The number of sulfonamides is 1. The Hall–Kier alpha value is -3.36. The van der Waals surface area contributed by atoms with Gasteiger partial charge in [0.1, 0.15) is 17.5 Å². The van der Waals surface area contributed by atoms with E-state index >= 15 is 0 Å². The molecule has 1 amide bonds. The predicted molar refractivity (Wildman–Crippen MR) is 131 cm³/mol. The summed E-state index contributed by atoms with van der Waals surface area (Å²) in [7, 11) is -3.94. The van der Waals surface area contributed by atoms with Crippen LogP contribution >= 0.6 is 0 Å². The van der Waals surface area contributed by atoms with E-state index in [-0.39, 0.29) is 23.8 Å². The fourth-order valence-corrected chi connectivity index (χ4v) is 5.58. The molecule has 8 heteroatoms. The maximum atomic E-state index is 13.6. The van der Waals surface area contributed by atoms with E-state index in [9.17, 15) is 13.2 Å². The number of nitrogens with zero attached hydrogens (tertiary/aromatic N) is 1. The maximum Gasteiger partial charge on any atom is 0.244 e. The molecule has 0 saturated heterocycles. The number of fused-ring (bicyclic) bond motifs is 1. The van der Waals surface area contributed by atoms with Crippen molar-refractivity contribution < 1.29 is 22.7 Å². The summed E-state index contributed by atoms with van der Waals surface area (Å²) < 4.78 is 39.4. The number of carbonyl (C=O) groups is 1. The monoisotopic (exact) mass is 480 g/mol. The fourth-order valence-electron chi connectivity index (χ4n) is 4.01. The van der Waals surface area contributed by atoms with Crippen LogP contribution in [0.1, 0.15) is 25.0 Å². The van der Waals surface area contributed by atoms with E-state index in [1.165, 1.54) is 16.4 Å². The summed E-state index contributed by atoms with van der Waals surface area (Å²) in [5.74, 6) is 0.912.